The standard InChI is InChI=1S/C7H11NO4S2/c9-13(10)6-4-2-1-3-5-7(6)14(11,12)8-13/h8H,1-5H2. The lowest BCUT2D eigenvalue weighted by Crippen LogP contribution is -2.23. The van der Waals surface area contributed by atoms with Crippen molar-refractivity contribution in [2.24, 2.45) is 0 Å². The van der Waals surface area contributed by atoms with Gasteiger partial charge in [-0.2, -0.15) is 0 Å². The second kappa shape index (κ2) is 3.04. The third kappa shape index (κ3) is 1.49. The largest absolute Gasteiger partial charge is 0.250 e. The molecule has 0 saturated carbocycles. The van der Waals surface area contributed by atoms with E-state index in [1.807, 2.05) is 0 Å². The average Bonchev–Trinajstić information content (AvgIpc) is 2.27. The van der Waals surface area contributed by atoms with E-state index in [0.717, 1.165) is 19.3 Å². The van der Waals surface area contributed by atoms with Gasteiger partial charge in [0.15, 0.2) is 0 Å². The van der Waals surface area contributed by atoms with Crippen LogP contribution >= 0.6 is 0 Å². The zero-order chi connectivity index (χ0) is 10.4. The van der Waals surface area contributed by atoms with E-state index in [-0.39, 0.29) is 9.81 Å². The molecule has 1 N–H and O–H groups in total. The normalized spacial score (nSPS) is 29.7. The van der Waals surface area contributed by atoms with E-state index in [1.54, 1.807) is 4.13 Å². The number of allylic oxidation sites excluding steroid dienone is 2. The molecule has 2 aliphatic rings. The van der Waals surface area contributed by atoms with E-state index >= 15 is 0 Å². The van der Waals surface area contributed by atoms with Crippen molar-refractivity contribution in [3.63, 3.8) is 0 Å². The van der Waals surface area contributed by atoms with Crippen LogP contribution in [0.25, 0.3) is 0 Å². The van der Waals surface area contributed by atoms with Crippen LogP contribution in [0, 0.1) is 0 Å². The zero-order valence-corrected chi connectivity index (χ0v) is 9.12. The summed E-state index contributed by atoms with van der Waals surface area (Å²) < 4.78 is 47.4. The molecule has 0 aromatic rings. The van der Waals surface area contributed by atoms with Crippen LogP contribution in [0.3, 0.4) is 0 Å². The van der Waals surface area contributed by atoms with Crippen LogP contribution in [0.5, 0.6) is 0 Å². The van der Waals surface area contributed by atoms with Crippen molar-refractivity contribution in [1.29, 1.82) is 0 Å². The van der Waals surface area contributed by atoms with Crippen molar-refractivity contribution in [2.75, 3.05) is 0 Å². The molecular weight excluding hydrogens is 226 g/mol. The molecule has 0 bridgehead atoms. The smallest absolute Gasteiger partial charge is 0.206 e. The minimum absolute atomic E-state index is 0.0926. The highest BCUT2D eigenvalue weighted by Crippen LogP contribution is 2.34. The first-order valence-corrected chi connectivity index (χ1v) is 7.41. The van der Waals surface area contributed by atoms with Gasteiger partial charge in [0.2, 0.25) is 0 Å². The maximum atomic E-state index is 11.4. The van der Waals surface area contributed by atoms with Crippen molar-refractivity contribution in [3.8, 4) is 0 Å². The van der Waals surface area contributed by atoms with Crippen molar-refractivity contribution in [1.82, 2.24) is 4.13 Å². The van der Waals surface area contributed by atoms with Gasteiger partial charge >= 0.3 is 0 Å². The van der Waals surface area contributed by atoms with Gasteiger partial charge in [-0.15, -0.1) is 4.13 Å². The Labute approximate surface area is 83.3 Å². The summed E-state index contributed by atoms with van der Waals surface area (Å²) in [5.41, 5.74) is 0. The fourth-order valence-electron chi connectivity index (χ4n) is 1.84. The molecule has 0 spiro atoms. The first-order valence-electron chi connectivity index (χ1n) is 4.44. The van der Waals surface area contributed by atoms with Crippen LogP contribution in [0.1, 0.15) is 32.1 Å². The van der Waals surface area contributed by atoms with Crippen molar-refractivity contribution in [3.05, 3.63) is 9.81 Å². The first-order chi connectivity index (χ1) is 6.43. The first kappa shape index (κ1) is 10.1. The van der Waals surface area contributed by atoms with Crippen molar-refractivity contribution < 1.29 is 16.8 Å². The monoisotopic (exact) mass is 237 g/mol. The Morgan fingerprint density at radius 2 is 1.21 bits per heavy atom. The highest BCUT2D eigenvalue weighted by molar-refractivity contribution is 8.11. The van der Waals surface area contributed by atoms with Crippen LogP contribution in [-0.2, 0) is 20.0 Å². The van der Waals surface area contributed by atoms with Gasteiger partial charge in [0.25, 0.3) is 20.0 Å². The molecule has 0 aromatic heterocycles. The maximum absolute atomic E-state index is 11.4. The molecule has 0 fully saturated rings. The molecule has 7 heteroatoms. The van der Waals surface area contributed by atoms with E-state index in [1.165, 1.54) is 0 Å². The lowest BCUT2D eigenvalue weighted by molar-refractivity contribution is 0.585. The number of hydrogen-bond donors (Lipinski definition) is 1. The fraction of sp³-hybridized carbons (Fsp3) is 0.714. The number of sulfonamides is 2. The highest BCUT2D eigenvalue weighted by atomic mass is 32.3. The topological polar surface area (TPSA) is 80.3 Å². The Morgan fingerprint density at radius 1 is 0.786 bits per heavy atom. The average molecular weight is 237 g/mol. The van der Waals surface area contributed by atoms with Gasteiger partial charge in [0.05, 0.1) is 9.81 Å². The van der Waals surface area contributed by atoms with Crippen molar-refractivity contribution in [2.45, 2.75) is 32.1 Å². The molecular formula is C7H11NO4S2. The van der Waals surface area contributed by atoms with E-state index in [4.69, 9.17) is 0 Å². The number of nitrogens with one attached hydrogen (secondary N) is 1. The van der Waals surface area contributed by atoms with Gasteiger partial charge < -0.3 is 0 Å². The third-order valence-corrected chi connectivity index (χ3v) is 6.57. The summed E-state index contributed by atoms with van der Waals surface area (Å²) >= 11 is 0. The number of hydrogen-bond acceptors (Lipinski definition) is 4. The van der Waals surface area contributed by atoms with E-state index < -0.39 is 20.0 Å². The Morgan fingerprint density at radius 3 is 1.64 bits per heavy atom. The van der Waals surface area contributed by atoms with Gasteiger partial charge in [-0.05, 0) is 25.7 Å². The molecule has 2 rings (SSSR count). The fourth-order valence-corrected chi connectivity index (χ4v) is 6.09. The third-order valence-electron chi connectivity index (χ3n) is 2.49. The maximum Gasteiger partial charge on any atom is 0.250 e. The van der Waals surface area contributed by atoms with E-state index in [2.05, 4.69) is 0 Å². The van der Waals surface area contributed by atoms with E-state index in [0.29, 0.717) is 12.8 Å². The molecule has 0 aromatic carbocycles. The Bertz CT molecular complexity index is 442. The summed E-state index contributed by atoms with van der Waals surface area (Å²) in [6.07, 6.45) is 3.08. The summed E-state index contributed by atoms with van der Waals surface area (Å²) in [5, 5.41) is 0. The lowest BCUT2D eigenvalue weighted by atomic mass is 10.2. The van der Waals surface area contributed by atoms with Crippen LogP contribution in [0.4, 0.5) is 0 Å². The molecule has 1 heterocycles. The second-order valence-corrected chi connectivity index (χ2v) is 7.16. The van der Waals surface area contributed by atoms with Crippen LogP contribution in [0.2, 0.25) is 0 Å². The molecule has 0 radical (unpaired) electrons. The molecule has 80 valence electrons. The van der Waals surface area contributed by atoms with E-state index in [9.17, 15) is 16.8 Å². The van der Waals surface area contributed by atoms with Crippen LogP contribution in [-0.4, -0.2) is 16.8 Å². The molecule has 14 heavy (non-hydrogen) atoms. The Hall–Kier alpha value is -0.400. The summed E-state index contributed by atoms with van der Waals surface area (Å²) in [6, 6.07) is 0. The zero-order valence-electron chi connectivity index (χ0n) is 7.49. The summed E-state index contributed by atoms with van der Waals surface area (Å²) in [4.78, 5) is 0.185. The molecule has 0 atom stereocenters. The molecule has 0 amide bonds. The predicted octanol–water partition coefficient (Wildman–Crippen LogP) is 0.425. The second-order valence-electron chi connectivity index (χ2n) is 3.50. The Kier molecular flexibility index (Phi) is 2.20. The minimum atomic E-state index is -3.74. The quantitative estimate of drug-likeness (QED) is 0.662. The lowest BCUT2D eigenvalue weighted by Gasteiger charge is -1.99. The molecule has 1 aliphatic heterocycles. The SMILES string of the molecule is O=S1(=O)NS(=O)(=O)C2=C1CCCCC2. The van der Waals surface area contributed by atoms with Gasteiger partial charge in [-0.1, -0.05) is 6.42 Å². The summed E-state index contributed by atoms with van der Waals surface area (Å²) in [6.45, 7) is 0. The number of rotatable bonds is 0. The van der Waals surface area contributed by atoms with Gasteiger partial charge in [-0.25, -0.2) is 16.8 Å². The highest BCUT2D eigenvalue weighted by Gasteiger charge is 2.40. The Balaban J connectivity index is 2.62. The summed E-state index contributed by atoms with van der Waals surface area (Å²) in [5.74, 6) is 0. The molecule has 0 unspecified atom stereocenters. The summed E-state index contributed by atoms with van der Waals surface area (Å²) in [7, 11) is -7.47. The van der Waals surface area contributed by atoms with Gasteiger partial charge in [-0.3, -0.25) is 0 Å². The van der Waals surface area contributed by atoms with Crippen molar-refractivity contribution >= 4 is 20.0 Å². The predicted molar refractivity (Wildman–Crippen MR) is 51.1 cm³/mol. The van der Waals surface area contributed by atoms with Gasteiger partial charge in [0, 0.05) is 0 Å². The molecule has 5 nitrogen and oxygen atoms in total. The van der Waals surface area contributed by atoms with Crippen LogP contribution in [0.15, 0.2) is 9.81 Å². The van der Waals surface area contributed by atoms with Gasteiger partial charge in [0.1, 0.15) is 0 Å². The van der Waals surface area contributed by atoms with Crippen LogP contribution < -0.4 is 4.13 Å². The minimum Gasteiger partial charge on any atom is -0.206 e. The molecule has 1 aliphatic carbocycles. The molecule has 0 saturated heterocycles.